The molecule has 2 aliphatic carbocycles. The van der Waals surface area contributed by atoms with Crippen molar-refractivity contribution in [3.63, 3.8) is 0 Å². The predicted molar refractivity (Wildman–Crippen MR) is 166 cm³/mol. The smallest absolute Gasteiger partial charge is 0.264 e. The van der Waals surface area contributed by atoms with Crippen LogP contribution in [0.1, 0.15) is 80.3 Å². The number of nitrogens with one attached hydrogen (secondary N) is 1. The van der Waals surface area contributed by atoms with E-state index in [0.29, 0.717) is 44.7 Å². The number of ether oxygens (including phenoxy) is 1. The number of nitrogens with zero attached hydrogens (tertiary/aromatic N) is 1. The van der Waals surface area contributed by atoms with E-state index in [1.807, 2.05) is 25.1 Å². The number of sulfonamides is 1. The molecule has 2 N–H and O–H groups in total. The van der Waals surface area contributed by atoms with Crippen molar-refractivity contribution < 1.29 is 23.1 Å². The van der Waals surface area contributed by atoms with Gasteiger partial charge in [-0.25, -0.2) is 13.1 Å². The van der Waals surface area contributed by atoms with E-state index >= 15 is 0 Å². The van der Waals surface area contributed by atoms with Gasteiger partial charge in [-0.1, -0.05) is 43.7 Å². The van der Waals surface area contributed by atoms with Crippen molar-refractivity contribution in [2.75, 3.05) is 24.6 Å². The fourth-order valence-corrected chi connectivity index (χ4v) is 9.21. The van der Waals surface area contributed by atoms with Gasteiger partial charge in [-0.05, 0) is 98.7 Å². The number of amides is 1. The number of carbonyl (C=O) groups is 1. The Morgan fingerprint density at radius 3 is 2.76 bits per heavy atom. The summed E-state index contributed by atoms with van der Waals surface area (Å²) in [6.45, 7) is 5.86. The summed E-state index contributed by atoms with van der Waals surface area (Å²) in [5.41, 5.74) is 3.02. The highest BCUT2D eigenvalue weighted by Crippen LogP contribution is 2.52. The van der Waals surface area contributed by atoms with E-state index in [-0.39, 0.29) is 22.3 Å². The van der Waals surface area contributed by atoms with Crippen molar-refractivity contribution in [2.45, 2.75) is 82.0 Å². The average molecular weight is 613 g/mol. The van der Waals surface area contributed by atoms with Gasteiger partial charge < -0.3 is 14.7 Å². The van der Waals surface area contributed by atoms with Gasteiger partial charge in [0.1, 0.15) is 5.75 Å². The first-order valence-corrected chi connectivity index (χ1v) is 17.2. The van der Waals surface area contributed by atoms with E-state index in [9.17, 15) is 18.3 Å². The second-order valence-electron chi connectivity index (χ2n) is 13.0. The predicted octanol–water partition coefficient (Wildman–Crippen LogP) is 5.78. The number of halogens is 1. The van der Waals surface area contributed by atoms with Crippen LogP contribution in [-0.4, -0.2) is 50.5 Å². The Hall–Kier alpha value is -2.55. The summed E-state index contributed by atoms with van der Waals surface area (Å²) < 4.78 is 35.3. The molecule has 0 unspecified atom stereocenters. The molecular formula is C33H41ClN2O5S. The number of hydrogen-bond donors (Lipinski definition) is 2. The third kappa shape index (κ3) is 5.24. The van der Waals surface area contributed by atoms with Crippen LogP contribution in [0.3, 0.4) is 0 Å². The van der Waals surface area contributed by atoms with Gasteiger partial charge in [0.05, 0.1) is 23.6 Å². The van der Waals surface area contributed by atoms with Crippen LogP contribution < -0.4 is 14.4 Å². The van der Waals surface area contributed by atoms with Crippen LogP contribution >= 0.6 is 11.6 Å². The molecule has 1 amide bonds. The van der Waals surface area contributed by atoms with Crippen molar-refractivity contribution in [3.05, 3.63) is 70.3 Å². The maximum absolute atomic E-state index is 13.4. The molecule has 2 bridgehead atoms. The molecular weight excluding hydrogens is 572 g/mol. The fourth-order valence-electron chi connectivity index (χ4n) is 7.59. The second kappa shape index (κ2) is 11.2. The molecule has 5 atom stereocenters. The minimum atomic E-state index is -3.89. The van der Waals surface area contributed by atoms with Gasteiger partial charge in [0.2, 0.25) is 10.0 Å². The standard InChI is InChI=1S/C33H41ClN2O5S/c1-3-26-8-4-5-9-30(37)32(2)16-14-24(32)19-36-20-33(15-6-7-22-17-25(34)11-12-27(22)33)21-41-29-13-10-23(18-28(29)36)31(38)35-42(26,39)40/h5,9-13,17-18,24,26,30,37H,3-4,6-8,14-16,19-21H2,1-2H3,(H,35,38)/b9-5+/t24-,26-,30+,32+,33+/m1/s1. The number of rotatable bonds is 1. The molecule has 226 valence electrons. The zero-order valence-corrected chi connectivity index (χ0v) is 26.0. The van der Waals surface area contributed by atoms with Crippen molar-refractivity contribution in [2.24, 2.45) is 11.3 Å². The number of allylic oxidation sites excluding steroid dienone is 1. The lowest BCUT2D eigenvalue weighted by atomic mass is 9.58. The summed E-state index contributed by atoms with van der Waals surface area (Å²) in [5.74, 6) is 0.295. The van der Waals surface area contributed by atoms with E-state index in [4.69, 9.17) is 16.3 Å². The molecule has 7 nitrogen and oxygen atoms in total. The minimum absolute atomic E-state index is 0.239. The van der Waals surface area contributed by atoms with Gasteiger partial charge in [-0.2, -0.15) is 0 Å². The molecule has 1 saturated carbocycles. The number of carbonyl (C=O) groups excluding carboxylic acids is 1. The Labute approximate surface area is 254 Å². The molecule has 1 spiro atoms. The Morgan fingerprint density at radius 1 is 1.17 bits per heavy atom. The quantitative estimate of drug-likeness (QED) is 0.397. The molecule has 9 heteroatoms. The molecule has 2 aliphatic heterocycles. The molecule has 2 heterocycles. The normalized spacial score (nSPS) is 33.3. The summed E-state index contributed by atoms with van der Waals surface area (Å²) in [4.78, 5) is 15.7. The Morgan fingerprint density at radius 2 is 2.00 bits per heavy atom. The van der Waals surface area contributed by atoms with Crippen LogP contribution in [0, 0.1) is 11.3 Å². The summed E-state index contributed by atoms with van der Waals surface area (Å²) in [7, 11) is -3.89. The van der Waals surface area contributed by atoms with Crippen LogP contribution in [-0.2, 0) is 21.9 Å². The van der Waals surface area contributed by atoms with E-state index < -0.39 is 27.3 Å². The lowest BCUT2D eigenvalue weighted by molar-refractivity contribution is -0.0469. The van der Waals surface area contributed by atoms with Crippen LogP contribution in [0.25, 0.3) is 0 Å². The Kier molecular flexibility index (Phi) is 7.86. The van der Waals surface area contributed by atoms with Crippen LogP contribution in [0.15, 0.2) is 48.6 Å². The van der Waals surface area contributed by atoms with E-state index in [0.717, 1.165) is 42.8 Å². The fraction of sp³-hybridized carbons (Fsp3) is 0.545. The maximum Gasteiger partial charge on any atom is 0.264 e. The number of aliphatic hydroxyl groups excluding tert-OH is 1. The van der Waals surface area contributed by atoms with Gasteiger partial charge in [-0.15, -0.1) is 0 Å². The lowest BCUT2D eigenvalue weighted by Crippen LogP contribution is -2.53. The minimum Gasteiger partial charge on any atom is -0.490 e. The zero-order chi connectivity index (χ0) is 29.7. The van der Waals surface area contributed by atoms with Crippen LogP contribution in [0.5, 0.6) is 5.75 Å². The highest BCUT2D eigenvalue weighted by atomic mass is 35.5. The third-order valence-corrected chi connectivity index (χ3v) is 12.6. The van der Waals surface area contributed by atoms with Crippen molar-refractivity contribution >= 4 is 33.2 Å². The molecule has 0 radical (unpaired) electrons. The van der Waals surface area contributed by atoms with Crippen molar-refractivity contribution in [1.82, 2.24) is 4.72 Å². The summed E-state index contributed by atoms with van der Waals surface area (Å²) >= 11 is 6.39. The molecule has 6 rings (SSSR count). The molecule has 0 saturated heterocycles. The first kappa shape index (κ1) is 29.5. The third-order valence-electron chi connectivity index (χ3n) is 10.5. The first-order chi connectivity index (χ1) is 20.0. The van der Waals surface area contributed by atoms with E-state index in [2.05, 4.69) is 28.7 Å². The topological polar surface area (TPSA) is 95.9 Å². The summed E-state index contributed by atoms with van der Waals surface area (Å²) in [6.07, 6.45) is 9.28. The Balaban J connectivity index is 1.44. The number of hydrogen-bond acceptors (Lipinski definition) is 6. The first-order valence-electron chi connectivity index (χ1n) is 15.3. The molecule has 42 heavy (non-hydrogen) atoms. The number of anilines is 1. The molecule has 2 aromatic rings. The molecule has 2 aromatic carbocycles. The average Bonchev–Trinajstić information content (AvgIpc) is 3.10. The monoisotopic (exact) mass is 612 g/mol. The SMILES string of the molecule is CC[C@@H]1CC/C=C/[C@H](O)[C@@]2(C)CC[C@@H]2CN2C[C@@]3(CCCc4cc(Cl)ccc43)COc3ccc(cc32)C(=O)NS1(=O)=O. The summed E-state index contributed by atoms with van der Waals surface area (Å²) in [6, 6.07) is 11.4. The van der Waals surface area contributed by atoms with Gasteiger partial charge in [-0.3, -0.25) is 4.79 Å². The number of fused-ring (bicyclic) bond motifs is 4. The van der Waals surface area contributed by atoms with Gasteiger partial charge in [0, 0.05) is 34.5 Å². The van der Waals surface area contributed by atoms with E-state index in [1.54, 1.807) is 18.2 Å². The molecule has 1 fully saturated rings. The number of aliphatic hydroxyl groups is 1. The van der Waals surface area contributed by atoms with Gasteiger partial charge >= 0.3 is 0 Å². The number of aryl methyl sites for hydroxylation is 1. The largest absolute Gasteiger partial charge is 0.490 e. The highest BCUT2D eigenvalue weighted by molar-refractivity contribution is 7.90. The lowest BCUT2D eigenvalue weighted by Gasteiger charge is -2.52. The van der Waals surface area contributed by atoms with E-state index in [1.165, 1.54) is 11.1 Å². The zero-order valence-electron chi connectivity index (χ0n) is 24.4. The second-order valence-corrected chi connectivity index (χ2v) is 15.4. The van der Waals surface area contributed by atoms with Gasteiger partial charge in [0.15, 0.2) is 0 Å². The molecule has 4 aliphatic rings. The van der Waals surface area contributed by atoms with Gasteiger partial charge in [0.25, 0.3) is 5.91 Å². The van der Waals surface area contributed by atoms with Crippen molar-refractivity contribution in [3.8, 4) is 5.75 Å². The highest BCUT2D eigenvalue weighted by Gasteiger charge is 2.49. The van der Waals surface area contributed by atoms with Crippen LogP contribution in [0.2, 0.25) is 5.02 Å². The Bertz CT molecular complexity index is 1510. The van der Waals surface area contributed by atoms with Crippen molar-refractivity contribution in [1.29, 1.82) is 0 Å². The van der Waals surface area contributed by atoms with Crippen LogP contribution in [0.4, 0.5) is 5.69 Å². The molecule has 0 aromatic heterocycles. The number of benzene rings is 2. The summed E-state index contributed by atoms with van der Waals surface area (Å²) in [5, 5.41) is 11.4. The maximum atomic E-state index is 13.4.